The molecule has 2 aliphatic rings. The highest BCUT2D eigenvalue weighted by atomic mass is 15.9. The molecular weight excluding hydrogens is 270 g/mol. The summed E-state index contributed by atoms with van der Waals surface area (Å²) in [5.41, 5.74) is 0. The minimum atomic E-state index is 0.634. The van der Waals surface area contributed by atoms with Crippen molar-refractivity contribution in [2.24, 2.45) is 0 Å². The van der Waals surface area contributed by atoms with Crippen molar-refractivity contribution < 1.29 is 0 Å². The molecule has 2 rings (SSSR count). The van der Waals surface area contributed by atoms with Crippen LogP contribution in [-0.2, 0) is 0 Å². The molecule has 0 saturated carbocycles. The second-order valence-electron chi connectivity index (χ2n) is 7.28. The first-order chi connectivity index (χ1) is 10.8. The van der Waals surface area contributed by atoms with E-state index in [4.69, 9.17) is 0 Å². The van der Waals surface area contributed by atoms with Gasteiger partial charge in [-0.15, -0.1) is 0 Å². The van der Waals surface area contributed by atoms with E-state index in [9.17, 15) is 0 Å². The first-order valence-corrected chi connectivity index (χ1v) is 10.2. The van der Waals surface area contributed by atoms with Crippen LogP contribution in [0.5, 0.6) is 0 Å². The third-order valence-electron chi connectivity index (χ3n) is 5.32. The molecule has 0 aliphatic carbocycles. The molecule has 0 radical (unpaired) electrons. The van der Waals surface area contributed by atoms with E-state index in [0.29, 0.717) is 12.3 Å². The lowest BCUT2D eigenvalue weighted by Gasteiger charge is -2.20. The van der Waals surface area contributed by atoms with Gasteiger partial charge in [0.15, 0.2) is 0 Å². The van der Waals surface area contributed by atoms with E-state index in [0.717, 1.165) is 6.17 Å². The van der Waals surface area contributed by atoms with E-state index < -0.39 is 0 Å². The summed E-state index contributed by atoms with van der Waals surface area (Å²) in [5, 5.41) is 9.25. The predicted octanol–water partition coefficient (Wildman–Crippen LogP) is 5.23. The molecule has 0 bridgehead atoms. The van der Waals surface area contributed by atoms with Gasteiger partial charge >= 0.3 is 0 Å². The molecule has 5 unspecified atom stereocenters. The summed E-state index contributed by atoms with van der Waals surface area (Å²) in [4.78, 5) is 0. The highest BCUT2D eigenvalue weighted by Gasteiger charge is 2.57. The summed E-state index contributed by atoms with van der Waals surface area (Å²) in [6.45, 7) is 6.91. The Balaban J connectivity index is 1.75. The molecule has 1 N–H and O–H groups in total. The first kappa shape index (κ1) is 18.2. The fraction of sp³-hybridized carbons (Fsp3) is 1.00. The van der Waals surface area contributed by atoms with Crippen LogP contribution >= 0.6 is 0 Å². The number of rotatable bonds is 13. The molecule has 0 spiro atoms. The molecule has 22 heavy (non-hydrogen) atoms. The Kier molecular flexibility index (Phi) is 8.19. The van der Waals surface area contributed by atoms with Crippen molar-refractivity contribution in [1.82, 2.24) is 15.3 Å². The highest BCUT2D eigenvalue weighted by molar-refractivity contribution is 4.98. The van der Waals surface area contributed by atoms with Crippen molar-refractivity contribution in [1.29, 1.82) is 0 Å². The van der Waals surface area contributed by atoms with Crippen LogP contribution in [0.3, 0.4) is 0 Å². The summed E-state index contributed by atoms with van der Waals surface area (Å²) in [5.74, 6) is 0. The summed E-state index contributed by atoms with van der Waals surface area (Å²) in [6, 6.07) is 0. The summed E-state index contributed by atoms with van der Waals surface area (Å²) >= 11 is 0. The van der Waals surface area contributed by atoms with Crippen molar-refractivity contribution in [2.75, 3.05) is 0 Å². The number of hydrazine groups is 1. The Labute approximate surface area is 138 Å². The van der Waals surface area contributed by atoms with E-state index in [-0.39, 0.29) is 0 Å². The van der Waals surface area contributed by atoms with E-state index in [1.807, 2.05) is 0 Å². The molecule has 0 amide bonds. The van der Waals surface area contributed by atoms with Gasteiger partial charge in [-0.3, -0.25) is 5.32 Å². The topological polar surface area (TPSA) is 18.0 Å². The summed E-state index contributed by atoms with van der Waals surface area (Å²) < 4.78 is 0. The number of hydrogen-bond acceptors (Lipinski definition) is 3. The highest BCUT2D eigenvalue weighted by Crippen LogP contribution is 2.42. The number of nitrogens with one attached hydrogen (secondary N) is 1. The lowest BCUT2D eigenvalue weighted by molar-refractivity contribution is 0.289. The summed E-state index contributed by atoms with van der Waals surface area (Å²) in [6.07, 6.45) is 19.8. The van der Waals surface area contributed by atoms with Crippen LogP contribution in [0.15, 0.2) is 0 Å². The fourth-order valence-corrected chi connectivity index (χ4v) is 3.98. The van der Waals surface area contributed by atoms with Gasteiger partial charge in [0, 0.05) is 0 Å². The summed E-state index contributed by atoms with van der Waals surface area (Å²) in [7, 11) is 0. The SMILES string of the molecule is CCCCCCC1NC(CCCCC)N2C(CCCCC)N12. The molecule has 5 atom stereocenters. The van der Waals surface area contributed by atoms with Crippen LogP contribution in [0.2, 0.25) is 0 Å². The zero-order valence-electron chi connectivity index (χ0n) is 15.3. The Morgan fingerprint density at radius 3 is 1.59 bits per heavy atom. The first-order valence-electron chi connectivity index (χ1n) is 10.2. The standard InChI is InChI=1S/C19H39N3/c1-4-7-10-13-15-18-20-17(14-11-8-5-2)21-19(22(18)21)16-12-9-6-3/h17-20H,4-16H2,1-3H3. The smallest absolute Gasteiger partial charge is 0.0931 e. The zero-order chi connectivity index (χ0) is 15.8. The third kappa shape index (κ3) is 4.94. The number of unbranched alkanes of at least 4 members (excludes halogenated alkanes) is 7. The Bertz CT molecular complexity index is 294. The second kappa shape index (κ2) is 9.89. The molecule has 2 fully saturated rings. The Morgan fingerprint density at radius 1 is 0.591 bits per heavy atom. The molecule has 2 aliphatic heterocycles. The van der Waals surface area contributed by atoms with Crippen molar-refractivity contribution >= 4 is 0 Å². The fourth-order valence-electron chi connectivity index (χ4n) is 3.98. The third-order valence-corrected chi connectivity index (χ3v) is 5.32. The Morgan fingerprint density at radius 2 is 1.05 bits per heavy atom. The lowest BCUT2D eigenvalue weighted by atomic mass is 10.1. The number of fused-ring (bicyclic) bond motifs is 1. The van der Waals surface area contributed by atoms with Crippen LogP contribution in [0, 0.1) is 0 Å². The molecule has 0 aromatic heterocycles. The molecular formula is C19H39N3. The van der Waals surface area contributed by atoms with Gasteiger partial charge < -0.3 is 0 Å². The van der Waals surface area contributed by atoms with E-state index in [1.165, 1.54) is 83.5 Å². The predicted molar refractivity (Wildman–Crippen MR) is 95.2 cm³/mol. The van der Waals surface area contributed by atoms with Gasteiger partial charge in [-0.25, -0.2) is 10.0 Å². The normalized spacial score (nSPS) is 33.1. The van der Waals surface area contributed by atoms with Crippen molar-refractivity contribution in [2.45, 2.75) is 123 Å². The van der Waals surface area contributed by atoms with Crippen molar-refractivity contribution in [3.63, 3.8) is 0 Å². The minimum absolute atomic E-state index is 0.634. The lowest BCUT2D eigenvalue weighted by Crippen LogP contribution is -2.40. The van der Waals surface area contributed by atoms with Gasteiger partial charge in [0.05, 0.1) is 18.5 Å². The molecule has 3 nitrogen and oxygen atoms in total. The average molecular weight is 310 g/mol. The maximum atomic E-state index is 3.90. The number of nitrogens with zero attached hydrogens (tertiary/aromatic N) is 2. The van der Waals surface area contributed by atoms with Gasteiger partial charge in [-0.1, -0.05) is 85.0 Å². The molecule has 2 saturated heterocycles. The van der Waals surface area contributed by atoms with E-state index in [1.54, 1.807) is 0 Å². The molecule has 0 aromatic rings. The van der Waals surface area contributed by atoms with E-state index >= 15 is 0 Å². The van der Waals surface area contributed by atoms with Gasteiger partial charge in [0.1, 0.15) is 0 Å². The Hall–Kier alpha value is -0.120. The molecule has 130 valence electrons. The van der Waals surface area contributed by atoms with Crippen LogP contribution in [-0.4, -0.2) is 28.5 Å². The van der Waals surface area contributed by atoms with Crippen LogP contribution in [0.1, 0.15) is 104 Å². The van der Waals surface area contributed by atoms with Crippen LogP contribution in [0.4, 0.5) is 0 Å². The largest absolute Gasteiger partial charge is 0.284 e. The van der Waals surface area contributed by atoms with Crippen LogP contribution < -0.4 is 5.32 Å². The minimum Gasteiger partial charge on any atom is -0.284 e. The van der Waals surface area contributed by atoms with Gasteiger partial charge in [-0.2, -0.15) is 0 Å². The quantitative estimate of drug-likeness (QED) is 0.371. The van der Waals surface area contributed by atoms with Gasteiger partial charge in [0.25, 0.3) is 0 Å². The van der Waals surface area contributed by atoms with Crippen molar-refractivity contribution in [3.8, 4) is 0 Å². The number of hydrogen-bond donors (Lipinski definition) is 1. The average Bonchev–Trinajstić information content (AvgIpc) is 3.11. The molecule has 0 aromatic carbocycles. The van der Waals surface area contributed by atoms with E-state index in [2.05, 4.69) is 36.1 Å². The second-order valence-corrected chi connectivity index (χ2v) is 7.28. The van der Waals surface area contributed by atoms with Crippen molar-refractivity contribution in [3.05, 3.63) is 0 Å². The molecule has 3 heteroatoms. The zero-order valence-corrected chi connectivity index (χ0v) is 15.3. The maximum Gasteiger partial charge on any atom is 0.0931 e. The van der Waals surface area contributed by atoms with Gasteiger partial charge in [0.2, 0.25) is 0 Å². The van der Waals surface area contributed by atoms with Gasteiger partial charge in [-0.05, 0) is 19.3 Å². The molecule has 2 heterocycles. The monoisotopic (exact) mass is 309 g/mol. The maximum absolute atomic E-state index is 3.90. The van der Waals surface area contributed by atoms with Crippen LogP contribution in [0.25, 0.3) is 0 Å².